The summed E-state index contributed by atoms with van der Waals surface area (Å²) < 4.78 is 33.2. The fourth-order valence-electron chi connectivity index (χ4n) is 2.06. The Balaban J connectivity index is 2.36. The Hall–Kier alpha value is -0.640. The molecule has 1 saturated heterocycles. The second kappa shape index (κ2) is 6.64. The number of carbonyl (C=O) groups is 1. The Bertz CT molecular complexity index is 656. The molecule has 1 heterocycles. The smallest absolute Gasteiger partial charge is 0.337 e. The highest BCUT2D eigenvalue weighted by molar-refractivity contribution is 9.11. The lowest BCUT2D eigenvalue weighted by molar-refractivity contribution is 0.0698. The van der Waals surface area contributed by atoms with Gasteiger partial charge in [-0.15, -0.1) is 0 Å². The molecule has 6 nitrogen and oxygen atoms in total. The zero-order valence-electron chi connectivity index (χ0n) is 10.8. The maximum absolute atomic E-state index is 12.4. The van der Waals surface area contributed by atoms with Gasteiger partial charge in [-0.25, -0.2) is 13.2 Å². The van der Waals surface area contributed by atoms with E-state index in [-0.39, 0.29) is 11.3 Å². The number of benzene rings is 1. The van der Waals surface area contributed by atoms with Crippen molar-refractivity contribution in [2.24, 2.45) is 0 Å². The SMILES string of the molecule is O=C(O)c1cc(Br)cc(Br)c1NS(=O)(=O)C1CCOCC1. The highest BCUT2D eigenvalue weighted by Crippen LogP contribution is 2.32. The van der Waals surface area contributed by atoms with Crippen molar-refractivity contribution in [2.45, 2.75) is 18.1 Å². The molecule has 1 fully saturated rings. The van der Waals surface area contributed by atoms with Crippen LogP contribution < -0.4 is 4.72 Å². The van der Waals surface area contributed by atoms with Crippen LogP contribution in [0.5, 0.6) is 0 Å². The molecule has 0 spiro atoms. The van der Waals surface area contributed by atoms with Gasteiger partial charge >= 0.3 is 5.97 Å². The highest BCUT2D eigenvalue weighted by Gasteiger charge is 2.29. The Morgan fingerprint density at radius 2 is 1.90 bits per heavy atom. The van der Waals surface area contributed by atoms with Gasteiger partial charge in [0, 0.05) is 22.2 Å². The van der Waals surface area contributed by atoms with Crippen LogP contribution in [0, 0.1) is 0 Å². The van der Waals surface area contributed by atoms with Gasteiger partial charge < -0.3 is 9.84 Å². The molecule has 21 heavy (non-hydrogen) atoms. The Kier molecular flexibility index (Phi) is 5.29. The van der Waals surface area contributed by atoms with Gasteiger partial charge in [-0.3, -0.25) is 4.72 Å². The minimum absolute atomic E-state index is 0.0391. The average Bonchev–Trinajstić information content (AvgIpc) is 2.42. The summed E-state index contributed by atoms with van der Waals surface area (Å²) in [7, 11) is -3.67. The van der Waals surface area contributed by atoms with Crippen molar-refractivity contribution >= 4 is 53.5 Å². The molecule has 0 amide bonds. The first-order valence-corrected chi connectivity index (χ1v) is 9.26. The summed E-state index contributed by atoms with van der Waals surface area (Å²) in [5, 5.41) is 8.65. The molecule has 1 aliphatic rings. The van der Waals surface area contributed by atoms with E-state index in [2.05, 4.69) is 36.6 Å². The van der Waals surface area contributed by atoms with E-state index in [1.54, 1.807) is 6.07 Å². The van der Waals surface area contributed by atoms with E-state index in [4.69, 9.17) is 4.74 Å². The van der Waals surface area contributed by atoms with E-state index in [0.29, 0.717) is 35.0 Å². The van der Waals surface area contributed by atoms with Crippen molar-refractivity contribution in [3.63, 3.8) is 0 Å². The number of hydrogen-bond acceptors (Lipinski definition) is 4. The first-order chi connectivity index (χ1) is 9.81. The lowest BCUT2D eigenvalue weighted by Crippen LogP contribution is -2.33. The largest absolute Gasteiger partial charge is 0.478 e. The first kappa shape index (κ1) is 16.7. The van der Waals surface area contributed by atoms with Crippen LogP contribution in [-0.4, -0.2) is 38.0 Å². The predicted octanol–water partition coefficient (Wildman–Crippen LogP) is 2.83. The zero-order chi connectivity index (χ0) is 15.6. The van der Waals surface area contributed by atoms with Gasteiger partial charge in [-0.1, -0.05) is 15.9 Å². The van der Waals surface area contributed by atoms with E-state index >= 15 is 0 Å². The Morgan fingerprint density at radius 3 is 2.48 bits per heavy atom. The van der Waals surface area contributed by atoms with Gasteiger partial charge in [-0.05, 0) is 40.9 Å². The van der Waals surface area contributed by atoms with Crippen LogP contribution in [0.25, 0.3) is 0 Å². The molecule has 9 heteroatoms. The molecule has 116 valence electrons. The third-order valence-corrected chi connectivity index (χ3v) is 6.06. The molecule has 0 atom stereocenters. The van der Waals surface area contributed by atoms with Gasteiger partial charge in [0.05, 0.1) is 16.5 Å². The molecule has 0 radical (unpaired) electrons. The number of carboxylic acid groups (broad SMARTS) is 1. The molecule has 1 aromatic carbocycles. The number of carboxylic acids is 1. The van der Waals surface area contributed by atoms with E-state index in [9.17, 15) is 18.3 Å². The van der Waals surface area contributed by atoms with Crippen LogP contribution in [0.1, 0.15) is 23.2 Å². The number of hydrogen-bond donors (Lipinski definition) is 2. The third kappa shape index (κ3) is 3.97. The van der Waals surface area contributed by atoms with Gasteiger partial charge in [0.1, 0.15) is 0 Å². The summed E-state index contributed by atoms with van der Waals surface area (Å²) in [6, 6.07) is 2.95. The molecule has 1 aromatic rings. The Labute approximate surface area is 139 Å². The third-order valence-electron chi connectivity index (χ3n) is 3.14. The van der Waals surface area contributed by atoms with Crippen LogP contribution in [0.2, 0.25) is 0 Å². The van der Waals surface area contributed by atoms with Crippen LogP contribution in [0.15, 0.2) is 21.1 Å². The number of ether oxygens (including phenoxy) is 1. The minimum atomic E-state index is -3.67. The van der Waals surface area contributed by atoms with Crippen molar-refractivity contribution in [3.05, 3.63) is 26.6 Å². The molecule has 0 bridgehead atoms. The van der Waals surface area contributed by atoms with Crippen LogP contribution in [0.4, 0.5) is 5.69 Å². The topological polar surface area (TPSA) is 92.7 Å². The second-order valence-corrected chi connectivity index (χ2v) is 8.30. The number of anilines is 1. The number of aromatic carboxylic acids is 1. The molecule has 2 rings (SSSR count). The fourth-order valence-corrected chi connectivity index (χ4v) is 5.00. The van der Waals surface area contributed by atoms with Crippen molar-refractivity contribution in [2.75, 3.05) is 17.9 Å². The first-order valence-electron chi connectivity index (χ1n) is 6.13. The average molecular weight is 443 g/mol. The molecule has 2 N–H and O–H groups in total. The number of sulfonamides is 1. The zero-order valence-corrected chi connectivity index (χ0v) is 14.8. The summed E-state index contributed by atoms with van der Waals surface area (Å²) in [6.45, 7) is 0.776. The van der Waals surface area contributed by atoms with Crippen molar-refractivity contribution < 1.29 is 23.1 Å². The number of nitrogens with one attached hydrogen (secondary N) is 1. The predicted molar refractivity (Wildman–Crippen MR) is 85.2 cm³/mol. The molecule has 0 saturated carbocycles. The highest BCUT2D eigenvalue weighted by atomic mass is 79.9. The minimum Gasteiger partial charge on any atom is -0.478 e. The lowest BCUT2D eigenvalue weighted by Gasteiger charge is -2.23. The summed E-state index contributed by atoms with van der Waals surface area (Å²) in [5.74, 6) is -1.21. The van der Waals surface area contributed by atoms with Gasteiger partial charge in [-0.2, -0.15) is 0 Å². The Morgan fingerprint density at radius 1 is 1.29 bits per heavy atom. The summed E-state index contributed by atoms with van der Waals surface area (Å²) >= 11 is 6.38. The number of halogens is 2. The summed E-state index contributed by atoms with van der Waals surface area (Å²) in [6.07, 6.45) is 0.789. The molecular weight excluding hydrogens is 430 g/mol. The number of rotatable bonds is 4. The van der Waals surface area contributed by atoms with Crippen LogP contribution in [-0.2, 0) is 14.8 Å². The quantitative estimate of drug-likeness (QED) is 0.747. The van der Waals surface area contributed by atoms with Crippen molar-refractivity contribution in [3.8, 4) is 0 Å². The van der Waals surface area contributed by atoms with E-state index in [1.165, 1.54) is 6.07 Å². The standard InChI is InChI=1S/C12H13Br2NO5S/c13-7-5-9(12(16)17)11(10(14)6-7)15-21(18,19)8-1-3-20-4-2-8/h5-6,8,15H,1-4H2,(H,16,17). The van der Waals surface area contributed by atoms with E-state index < -0.39 is 21.2 Å². The molecule has 0 unspecified atom stereocenters. The van der Waals surface area contributed by atoms with Crippen LogP contribution >= 0.6 is 31.9 Å². The molecule has 1 aliphatic heterocycles. The van der Waals surface area contributed by atoms with Gasteiger partial charge in [0.25, 0.3) is 0 Å². The monoisotopic (exact) mass is 441 g/mol. The second-order valence-electron chi connectivity index (χ2n) is 4.57. The molecular formula is C12H13Br2NO5S. The van der Waals surface area contributed by atoms with E-state index in [1.807, 2.05) is 0 Å². The summed E-state index contributed by atoms with van der Waals surface area (Å²) in [5.41, 5.74) is -0.0796. The fraction of sp³-hybridized carbons (Fsp3) is 0.417. The molecule has 0 aliphatic carbocycles. The van der Waals surface area contributed by atoms with Gasteiger partial charge in [0.2, 0.25) is 10.0 Å². The van der Waals surface area contributed by atoms with Crippen LogP contribution in [0.3, 0.4) is 0 Å². The van der Waals surface area contributed by atoms with Crippen molar-refractivity contribution in [1.82, 2.24) is 0 Å². The summed E-state index contributed by atoms with van der Waals surface area (Å²) in [4.78, 5) is 11.3. The van der Waals surface area contributed by atoms with E-state index in [0.717, 1.165) is 0 Å². The maximum Gasteiger partial charge on any atom is 0.337 e. The normalized spacial score (nSPS) is 16.7. The lowest BCUT2D eigenvalue weighted by atomic mass is 10.2. The maximum atomic E-state index is 12.4. The van der Waals surface area contributed by atoms with Crippen molar-refractivity contribution in [1.29, 1.82) is 0 Å². The van der Waals surface area contributed by atoms with Gasteiger partial charge in [0.15, 0.2) is 0 Å². The molecule has 0 aromatic heterocycles.